The summed E-state index contributed by atoms with van der Waals surface area (Å²) >= 11 is 0. The first-order chi connectivity index (χ1) is 9.71. The van der Waals surface area contributed by atoms with Crippen LogP contribution in [0.25, 0.3) is 0 Å². The zero-order chi connectivity index (χ0) is 14.8. The highest BCUT2D eigenvalue weighted by molar-refractivity contribution is 5.27. The lowest BCUT2D eigenvalue weighted by Gasteiger charge is -2.24. The Bertz CT molecular complexity index is 351. The summed E-state index contributed by atoms with van der Waals surface area (Å²) in [7, 11) is 3.47. The van der Waals surface area contributed by atoms with Gasteiger partial charge in [-0.3, -0.25) is 0 Å². The van der Waals surface area contributed by atoms with E-state index >= 15 is 0 Å². The fourth-order valence-electron chi connectivity index (χ4n) is 2.47. The van der Waals surface area contributed by atoms with Crippen LogP contribution in [-0.4, -0.2) is 33.4 Å². The summed E-state index contributed by atoms with van der Waals surface area (Å²) in [5, 5.41) is 3.60. The minimum absolute atomic E-state index is 0.553. The fourth-order valence-corrected chi connectivity index (χ4v) is 2.47. The predicted molar refractivity (Wildman–Crippen MR) is 84.4 cm³/mol. The summed E-state index contributed by atoms with van der Waals surface area (Å²) in [5.41, 5.74) is 1.37. The van der Waals surface area contributed by atoms with E-state index in [1.54, 1.807) is 14.2 Å². The first-order valence-corrected chi connectivity index (χ1v) is 7.56. The molecule has 0 saturated carbocycles. The molecule has 0 saturated heterocycles. The molecule has 0 heterocycles. The maximum atomic E-state index is 5.19. The van der Waals surface area contributed by atoms with Gasteiger partial charge in [0, 0.05) is 19.8 Å². The van der Waals surface area contributed by atoms with Crippen molar-refractivity contribution >= 4 is 0 Å². The predicted octanol–water partition coefficient (Wildman–Crippen LogP) is 3.28. The van der Waals surface area contributed by atoms with E-state index in [0.29, 0.717) is 12.0 Å². The lowest BCUT2D eigenvalue weighted by atomic mass is 9.93. The van der Waals surface area contributed by atoms with Crippen molar-refractivity contribution < 1.29 is 9.47 Å². The average molecular weight is 279 g/mol. The molecule has 20 heavy (non-hydrogen) atoms. The van der Waals surface area contributed by atoms with E-state index in [2.05, 4.69) is 31.3 Å². The van der Waals surface area contributed by atoms with Crippen molar-refractivity contribution in [3.05, 3.63) is 29.8 Å². The molecule has 1 N–H and O–H groups in total. The van der Waals surface area contributed by atoms with Crippen LogP contribution in [0, 0.1) is 5.92 Å². The zero-order valence-corrected chi connectivity index (χ0v) is 13.3. The quantitative estimate of drug-likeness (QED) is 0.713. The van der Waals surface area contributed by atoms with E-state index in [-0.39, 0.29) is 0 Å². The van der Waals surface area contributed by atoms with Crippen LogP contribution >= 0.6 is 0 Å². The van der Waals surface area contributed by atoms with Gasteiger partial charge in [-0.25, -0.2) is 0 Å². The number of hydrogen-bond acceptors (Lipinski definition) is 3. The van der Waals surface area contributed by atoms with Crippen LogP contribution in [0.1, 0.15) is 32.3 Å². The number of ether oxygens (including phenoxy) is 2. The molecule has 0 fully saturated rings. The van der Waals surface area contributed by atoms with Crippen molar-refractivity contribution in [3.63, 3.8) is 0 Å². The van der Waals surface area contributed by atoms with Gasteiger partial charge in [-0.2, -0.15) is 0 Å². The molecule has 3 heteroatoms. The summed E-state index contributed by atoms with van der Waals surface area (Å²) < 4.78 is 10.4. The summed E-state index contributed by atoms with van der Waals surface area (Å²) in [6.45, 7) is 6.33. The van der Waals surface area contributed by atoms with Gasteiger partial charge < -0.3 is 14.8 Å². The first-order valence-electron chi connectivity index (χ1n) is 7.56. The number of benzene rings is 1. The Kier molecular flexibility index (Phi) is 8.31. The van der Waals surface area contributed by atoms with Crippen LogP contribution < -0.4 is 10.1 Å². The third-order valence-electron chi connectivity index (χ3n) is 3.83. The maximum absolute atomic E-state index is 5.19. The van der Waals surface area contributed by atoms with Gasteiger partial charge in [-0.05, 0) is 49.4 Å². The van der Waals surface area contributed by atoms with Gasteiger partial charge in [-0.15, -0.1) is 0 Å². The van der Waals surface area contributed by atoms with Gasteiger partial charge in [0.1, 0.15) is 5.75 Å². The maximum Gasteiger partial charge on any atom is 0.118 e. The normalized spacial score (nSPS) is 14.0. The molecule has 0 radical (unpaired) electrons. The molecule has 0 aliphatic carbocycles. The van der Waals surface area contributed by atoms with Gasteiger partial charge in [0.2, 0.25) is 0 Å². The Morgan fingerprint density at radius 2 is 1.80 bits per heavy atom. The lowest BCUT2D eigenvalue weighted by Crippen LogP contribution is -2.35. The van der Waals surface area contributed by atoms with Crippen molar-refractivity contribution in [2.45, 2.75) is 39.2 Å². The third-order valence-corrected chi connectivity index (χ3v) is 3.83. The molecule has 3 nitrogen and oxygen atoms in total. The van der Waals surface area contributed by atoms with Crippen molar-refractivity contribution in [1.29, 1.82) is 0 Å². The van der Waals surface area contributed by atoms with Crippen LogP contribution in [-0.2, 0) is 11.2 Å². The molecule has 1 rings (SSSR count). The molecule has 2 unspecified atom stereocenters. The zero-order valence-electron chi connectivity index (χ0n) is 13.3. The molecule has 0 spiro atoms. The van der Waals surface area contributed by atoms with Gasteiger partial charge >= 0.3 is 0 Å². The Labute approximate surface area is 123 Å². The molecular formula is C17H29NO2. The molecule has 1 aromatic carbocycles. The molecule has 0 aliphatic rings. The Morgan fingerprint density at radius 1 is 1.10 bits per heavy atom. The van der Waals surface area contributed by atoms with Crippen LogP contribution in [0.15, 0.2) is 24.3 Å². The Balaban J connectivity index is 2.47. The number of nitrogens with one attached hydrogen (secondary N) is 1. The second-order valence-corrected chi connectivity index (χ2v) is 5.31. The van der Waals surface area contributed by atoms with E-state index in [1.165, 1.54) is 5.56 Å². The molecule has 0 aliphatic heterocycles. The highest BCUT2D eigenvalue weighted by Crippen LogP contribution is 2.17. The third kappa shape index (κ3) is 5.93. The van der Waals surface area contributed by atoms with Crippen LogP contribution in [0.4, 0.5) is 0 Å². The Morgan fingerprint density at radius 3 is 2.35 bits per heavy atom. The summed E-state index contributed by atoms with van der Waals surface area (Å²) in [4.78, 5) is 0. The first kappa shape index (κ1) is 17.0. The van der Waals surface area contributed by atoms with E-state index in [9.17, 15) is 0 Å². The largest absolute Gasteiger partial charge is 0.497 e. The monoisotopic (exact) mass is 279 g/mol. The van der Waals surface area contributed by atoms with E-state index in [1.807, 2.05) is 12.1 Å². The molecule has 2 atom stereocenters. The van der Waals surface area contributed by atoms with E-state index in [0.717, 1.165) is 38.2 Å². The smallest absolute Gasteiger partial charge is 0.118 e. The van der Waals surface area contributed by atoms with Crippen LogP contribution in [0.3, 0.4) is 0 Å². The van der Waals surface area contributed by atoms with Gasteiger partial charge in [0.15, 0.2) is 0 Å². The number of hydrogen-bond donors (Lipinski definition) is 1. The molecular weight excluding hydrogens is 250 g/mol. The standard InChI is InChI=1S/C17H29NO2/c1-5-18-17(14(2)12-13-19-3)11-8-15-6-9-16(20-4)10-7-15/h6-7,9-10,14,17-18H,5,8,11-13H2,1-4H3. The van der Waals surface area contributed by atoms with Gasteiger partial charge in [0.05, 0.1) is 7.11 Å². The van der Waals surface area contributed by atoms with Crippen molar-refractivity contribution in [2.24, 2.45) is 5.92 Å². The van der Waals surface area contributed by atoms with Crippen LogP contribution in [0.2, 0.25) is 0 Å². The Hall–Kier alpha value is -1.06. The van der Waals surface area contributed by atoms with Gasteiger partial charge in [-0.1, -0.05) is 26.0 Å². The average Bonchev–Trinajstić information content (AvgIpc) is 2.49. The molecule has 114 valence electrons. The fraction of sp³-hybridized carbons (Fsp3) is 0.647. The second-order valence-electron chi connectivity index (χ2n) is 5.31. The SMILES string of the molecule is CCNC(CCc1ccc(OC)cc1)C(C)CCOC. The summed E-state index contributed by atoms with van der Waals surface area (Å²) in [6, 6.07) is 8.93. The molecule has 0 aromatic heterocycles. The minimum Gasteiger partial charge on any atom is -0.497 e. The molecule has 0 bridgehead atoms. The molecule has 0 amide bonds. The van der Waals surface area contributed by atoms with Crippen molar-refractivity contribution in [1.82, 2.24) is 5.32 Å². The minimum atomic E-state index is 0.553. The summed E-state index contributed by atoms with van der Waals surface area (Å²) in [5.74, 6) is 1.55. The topological polar surface area (TPSA) is 30.5 Å². The highest BCUT2D eigenvalue weighted by atomic mass is 16.5. The number of aryl methyl sites for hydroxylation is 1. The highest BCUT2D eigenvalue weighted by Gasteiger charge is 2.15. The molecule has 1 aromatic rings. The lowest BCUT2D eigenvalue weighted by molar-refractivity contribution is 0.169. The summed E-state index contributed by atoms with van der Waals surface area (Å²) in [6.07, 6.45) is 3.36. The van der Waals surface area contributed by atoms with Crippen LogP contribution in [0.5, 0.6) is 5.75 Å². The van der Waals surface area contributed by atoms with Gasteiger partial charge in [0.25, 0.3) is 0 Å². The number of methoxy groups -OCH3 is 2. The van der Waals surface area contributed by atoms with E-state index in [4.69, 9.17) is 9.47 Å². The second kappa shape index (κ2) is 9.78. The van der Waals surface area contributed by atoms with E-state index < -0.39 is 0 Å². The van der Waals surface area contributed by atoms with Crippen molar-refractivity contribution in [3.8, 4) is 5.75 Å². The number of rotatable bonds is 10. The van der Waals surface area contributed by atoms with Crippen molar-refractivity contribution in [2.75, 3.05) is 27.4 Å².